The molecule has 1 amide bonds. The number of amides is 1. The Hall–Kier alpha value is -0.730. The predicted molar refractivity (Wildman–Crippen MR) is 53.5 cm³/mol. The number of nitrogens with two attached hydrogens (primary N) is 1. The highest BCUT2D eigenvalue weighted by atomic mass is 16.6. The molecule has 0 aromatic heterocycles. The third-order valence-electron chi connectivity index (χ3n) is 1.66. The van der Waals surface area contributed by atoms with Gasteiger partial charge in [-0.15, -0.1) is 0 Å². The summed E-state index contributed by atoms with van der Waals surface area (Å²) < 4.78 is 4.58. The molecule has 0 radical (unpaired) electrons. The average molecular weight is 187 g/mol. The molecular weight excluding hydrogens is 166 g/mol. The number of primary amides is 1. The molecule has 0 atom stereocenters. The summed E-state index contributed by atoms with van der Waals surface area (Å²) >= 11 is 0. The normalized spacial score (nSPS) is 15.9. The minimum atomic E-state index is -0.725. The van der Waals surface area contributed by atoms with Crippen LogP contribution in [0.2, 0.25) is 0 Å². The summed E-state index contributed by atoms with van der Waals surface area (Å²) in [4.78, 5) is 10.0. The second kappa shape index (κ2) is 5.84. The standard InChI is InChI=1S/C5H11NO2.C5H10/c1-5(2,3)8-4(6)7;1-2-4-5-3-1/h1-3H3,(H2,6,7);1-5H2. The number of hydrogen-bond acceptors (Lipinski definition) is 2. The van der Waals surface area contributed by atoms with E-state index in [-0.39, 0.29) is 0 Å². The van der Waals surface area contributed by atoms with E-state index in [1.54, 1.807) is 20.8 Å². The summed E-state index contributed by atoms with van der Waals surface area (Å²) in [5.41, 5.74) is 4.26. The molecule has 1 fully saturated rings. The van der Waals surface area contributed by atoms with Crippen molar-refractivity contribution in [3.8, 4) is 0 Å². The van der Waals surface area contributed by atoms with Crippen LogP contribution in [-0.4, -0.2) is 11.7 Å². The van der Waals surface area contributed by atoms with Gasteiger partial charge in [0.1, 0.15) is 5.60 Å². The number of carbonyl (C=O) groups excluding carboxylic acids is 1. The average Bonchev–Trinajstić information content (AvgIpc) is 2.33. The molecule has 0 aromatic rings. The number of hydrogen-bond donors (Lipinski definition) is 1. The maximum Gasteiger partial charge on any atom is 0.405 e. The smallest absolute Gasteiger partial charge is 0.405 e. The van der Waals surface area contributed by atoms with E-state index >= 15 is 0 Å². The zero-order valence-electron chi connectivity index (χ0n) is 8.93. The minimum Gasteiger partial charge on any atom is -0.444 e. The number of ether oxygens (including phenoxy) is 1. The Balaban J connectivity index is 0.000000243. The number of carbonyl (C=O) groups is 1. The van der Waals surface area contributed by atoms with Crippen LogP contribution in [0.3, 0.4) is 0 Å². The van der Waals surface area contributed by atoms with Crippen molar-refractivity contribution < 1.29 is 9.53 Å². The summed E-state index contributed by atoms with van der Waals surface area (Å²) in [5.74, 6) is 0. The first-order chi connectivity index (χ1) is 5.92. The Kier molecular flexibility index (Phi) is 5.51. The summed E-state index contributed by atoms with van der Waals surface area (Å²) in [5, 5.41) is 0. The van der Waals surface area contributed by atoms with Gasteiger partial charge < -0.3 is 10.5 Å². The Bertz CT molecular complexity index is 138. The van der Waals surface area contributed by atoms with Crippen LogP contribution in [0, 0.1) is 0 Å². The third-order valence-corrected chi connectivity index (χ3v) is 1.66. The molecule has 3 nitrogen and oxygen atoms in total. The maximum atomic E-state index is 10.0. The molecule has 1 rings (SSSR count). The molecular formula is C10H21NO2. The summed E-state index contributed by atoms with van der Waals surface area (Å²) in [7, 11) is 0. The molecule has 1 aliphatic carbocycles. The van der Waals surface area contributed by atoms with Gasteiger partial charge in [0.05, 0.1) is 0 Å². The first-order valence-electron chi connectivity index (χ1n) is 4.90. The molecule has 78 valence electrons. The van der Waals surface area contributed by atoms with Gasteiger partial charge in [0.2, 0.25) is 0 Å². The highest BCUT2D eigenvalue weighted by Crippen LogP contribution is 2.15. The minimum absolute atomic E-state index is 0.453. The largest absolute Gasteiger partial charge is 0.444 e. The highest BCUT2D eigenvalue weighted by molar-refractivity contribution is 5.65. The van der Waals surface area contributed by atoms with Gasteiger partial charge in [-0.05, 0) is 20.8 Å². The molecule has 0 bridgehead atoms. The van der Waals surface area contributed by atoms with E-state index in [0.717, 1.165) is 0 Å². The molecule has 0 aliphatic heterocycles. The van der Waals surface area contributed by atoms with Crippen LogP contribution in [0.1, 0.15) is 52.9 Å². The summed E-state index contributed by atoms with van der Waals surface area (Å²) in [6, 6.07) is 0. The van der Waals surface area contributed by atoms with E-state index in [0.29, 0.717) is 0 Å². The number of rotatable bonds is 0. The Morgan fingerprint density at radius 2 is 1.38 bits per heavy atom. The van der Waals surface area contributed by atoms with Gasteiger partial charge >= 0.3 is 6.09 Å². The SMILES string of the molecule is C1CCCC1.CC(C)(C)OC(N)=O. The van der Waals surface area contributed by atoms with Crippen LogP contribution < -0.4 is 5.73 Å². The van der Waals surface area contributed by atoms with Crippen molar-refractivity contribution in [3.63, 3.8) is 0 Å². The van der Waals surface area contributed by atoms with Crippen LogP contribution >= 0.6 is 0 Å². The lowest BCUT2D eigenvalue weighted by molar-refractivity contribution is 0.0600. The van der Waals surface area contributed by atoms with Crippen molar-refractivity contribution in [3.05, 3.63) is 0 Å². The molecule has 3 heteroatoms. The molecule has 0 spiro atoms. The molecule has 2 N–H and O–H groups in total. The monoisotopic (exact) mass is 187 g/mol. The second-order valence-electron chi connectivity index (χ2n) is 4.30. The van der Waals surface area contributed by atoms with Crippen molar-refractivity contribution in [2.24, 2.45) is 5.73 Å². The fourth-order valence-corrected chi connectivity index (χ4v) is 1.19. The van der Waals surface area contributed by atoms with Gasteiger partial charge in [-0.3, -0.25) is 0 Å². The van der Waals surface area contributed by atoms with Gasteiger partial charge in [-0.25, -0.2) is 4.79 Å². The van der Waals surface area contributed by atoms with Crippen LogP contribution in [0.15, 0.2) is 0 Å². The van der Waals surface area contributed by atoms with Crippen molar-refractivity contribution in [2.45, 2.75) is 58.5 Å². The quantitative estimate of drug-likeness (QED) is 0.634. The topological polar surface area (TPSA) is 52.3 Å². The first kappa shape index (κ1) is 12.3. The van der Waals surface area contributed by atoms with E-state index in [4.69, 9.17) is 5.73 Å². The van der Waals surface area contributed by atoms with Gasteiger partial charge in [0.25, 0.3) is 0 Å². The van der Waals surface area contributed by atoms with Gasteiger partial charge in [-0.2, -0.15) is 0 Å². The highest BCUT2D eigenvalue weighted by Gasteiger charge is 2.12. The fraction of sp³-hybridized carbons (Fsp3) is 0.900. The van der Waals surface area contributed by atoms with Crippen molar-refractivity contribution in [2.75, 3.05) is 0 Å². The van der Waals surface area contributed by atoms with Gasteiger partial charge in [-0.1, -0.05) is 32.1 Å². The van der Waals surface area contributed by atoms with E-state index < -0.39 is 11.7 Å². The molecule has 13 heavy (non-hydrogen) atoms. The third kappa shape index (κ3) is 11.3. The van der Waals surface area contributed by atoms with Crippen LogP contribution in [0.5, 0.6) is 0 Å². The molecule has 1 aliphatic rings. The molecule has 1 saturated carbocycles. The van der Waals surface area contributed by atoms with E-state index in [1.165, 1.54) is 32.1 Å². The Morgan fingerprint density at radius 3 is 1.46 bits per heavy atom. The predicted octanol–water partition coefficient (Wildman–Crippen LogP) is 2.83. The fourth-order valence-electron chi connectivity index (χ4n) is 1.19. The summed E-state index contributed by atoms with van der Waals surface area (Å²) in [6.45, 7) is 5.28. The van der Waals surface area contributed by atoms with E-state index in [2.05, 4.69) is 4.74 Å². The molecule has 0 unspecified atom stereocenters. The van der Waals surface area contributed by atoms with Crippen molar-refractivity contribution in [1.82, 2.24) is 0 Å². The lowest BCUT2D eigenvalue weighted by Gasteiger charge is -2.16. The second-order valence-corrected chi connectivity index (χ2v) is 4.30. The van der Waals surface area contributed by atoms with Crippen LogP contribution in [-0.2, 0) is 4.74 Å². The van der Waals surface area contributed by atoms with Gasteiger partial charge in [0.15, 0.2) is 0 Å². The Labute approximate surface area is 80.6 Å². The van der Waals surface area contributed by atoms with Crippen LogP contribution in [0.4, 0.5) is 4.79 Å². The van der Waals surface area contributed by atoms with E-state index in [9.17, 15) is 4.79 Å². The van der Waals surface area contributed by atoms with Gasteiger partial charge in [0, 0.05) is 0 Å². The zero-order chi connectivity index (χ0) is 10.3. The first-order valence-corrected chi connectivity index (χ1v) is 4.90. The lowest BCUT2D eigenvalue weighted by Crippen LogP contribution is -2.27. The van der Waals surface area contributed by atoms with Crippen molar-refractivity contribution in [1.29, 1.82) is 0 Å². The van der Waals surface area contributed by atoms with Crippen molar-refractivity contribution >= 4 is 6.09 Å². The maximum absolute atomic E-state index is 10.0. The van der Waals surface area contributed by atoms with E-state index in [1.807, 2.05) is 0 Å². The Morgan fingerprint density at radius 1 is 1.08 bits per heavy atom. The lowest BCUT2D eigenvalue weighted by atomic mass is 10.2. The molecule has 0 heterocycles. The zero-order valence-corrected chi connectivity index (χ0v) is 8.93. The van der Waals surface area contributed by atoms with Crippen LogP contribution in [0.25, 0.3) is 0 Å². The summed E-state index contributed by atoms with van der Waals surface area (Å²) in [6.07, 6.45) is 6.78. The molecule has 0 aromatic carbocycles. The molecule has 0 saturated heterocycles.